The van der Waals surface area contributed by atoms with Crippen LogP contribution < -0.4 is 9.47 Å². The Hall–Kier alpha value is -1.18. The van der Waals surface area contributed by atoms with Gasteiger partial charge in [0.25, 0.3) is 0 Å². The lowest BCUT2D eigenvalue weighted by atomic mass is 10.3. The third-order valence-corrected chi connectivity index (χ3v) is 1.65. The van der Waals surface area contributed by atoms with E-state index in [4.69, 9.17) is 9.47 Å². The first kappa shape index (κ1) is 6.53. The van der Waals surface area contributed by atoms with Crippen molar-refractivity contribution in [2.45, 2.75) is 13.0 Å². The second-order valence-electron chi connectivity index (χ2n) is 2.69. The predicted molar refractivity (Wildman–Crippen MR) is 42.0 cm³/mol. The van der Waals surface area contributed by atoms with E-state index in [1.54, 1.807) is 0 Å². The molecule has 58 valence electrons. The average molecular weight is 150 g/mol. The molecule has 0 amide bonds. The normalized spacial score (nSPS) is 21.4. The molecule has 1 aliphatic heterocycles. The van der Waals surface area contributed by atoms with E-state index >= 15 is 0 Å². The Labute approximate surface area is 65.7 Å². The molecule has 0 unspecified atom stereocenters. The van der Waals surface area contributed by atoms with Gasteiger partial charge in [0.2, 0.25) is 0 Å². The van der Waals surface area contributed by atoms with Crippen molar-refractivity contribution in [2.24, 2.45) is 0 Å². The Morgan fingerprint density at radius 2 is 2.00 bits per heavy atom. The summed E-state index contributed by atoms with van der Waals surface area (Å²) >= 11 is 0. The van der Waals surface area contributed by atoms with Gasteiger partial charge in [-0.05, 0) is 19.1 Å². The summed E-state index contributed by atoms with van der Waals surface area (Å²) in [6, 6.07) is 7.73. The van der Waals surface area contributed by atoms with E-state index in [2.05, 4.69) is 0 Å². The molecule has 0 aliphatic carbocycles. The van der Waals surface area contributed by atoms with Crippen LogP contribution in [-0.4, -0.2) is 12.7 Å². The van der Waals surface area contributed by atoms with Crippen LogP contribution in [0, 0.1) is 0 Å². The molecule has 0 spiro atoms. The van der Waals surface area contributed by atoms with Crippen LogP contribution in [0.5, 0.6) is 11.5 Å². The van der Waals surface area contributed by atoms with Gasteiger partial charge in [-0.3, -0.25) is 0 Å². The van der Waals surface area contributed by atoms with E-state index < -0.39 is 0 Å². The fourth-order valence-electron chi connectivity index (χ4n) is 1.12. The summed E-state index contributed by atoms with van der Waals surface area (Å²) < 4.78 is 10.9. The van der Waals surface area contributed by atoms with Crippen LogP contribution in [0.4, 0.5) is 0 Å². The quantitative estimate of drug-likeness (QED) is 0.562. The number of hydrogen-bond donors (Lipinski definition) is 0. The van der Waals surface area contributed by atoms with E-state index in [1.165, 1.54) is 0 Å². The van der Waals surface area contributed by atoms with Gasteiger partial charge in [-0.2, -0.15) is 0 Å². The summed E-state index contributed by atoms with van der Waals surface area (Å²) in [5.74, 6) is 1.71. The van der Waals surface area contributed by atoms with Crippen LogP contribution in [0.15, 0.2) is 24.3 Å². The highest BCUT2D eigenvalue weighted by atomic mass is 16.6. The Morgan fingerprint density at radius 3 is 2.82 bits per heavy atom. The zero-order valence-electron chi connectivity index (χ0n) is 6.41. The number of rotatable bonds is 0. The minimum Gasteiger partial charge on any atom is -0.486 e. The molecule has 2 rings (SSSR count). The van der Waals surface area contributed by atoms with Crippen molar-refractivity contribution in [3.05, 3.63) is 24.3 Å². The van der Waals surface area contributed by atoms with E-state index in [-0.39, 0.29) is 6.10 Å². The van der Waals surface area contributed by atoms with Crippen molar-refractivity contribution in [3.63, 3.8) is 0 Å². The number of ether oxygens (including phenoxy) is 2. The first-order valence-electron chi connectivity index (χ1n) is 3.75. The van der Waals surface area contributed by atoms with E-state index in [1.807, 2.05) is 31.2 Å². The first-order chi connectivity index (χ1) is 5.36. The van der Waals surface area contributed by atoms with Gasteiger partial charge in [0.05, 0.1) is 0 Å². The third-order valence-electron chi connectivity index (χ3n) is 1.65. The van der Waals surface area contributed by atoms with Gasteiger partial charge in [-0.25, -0.2) is 0 Å². The van der Waals surface area contributed by atoms with Crippen LogP contribution in [-0.2, 0) is 0 Å². The van der Waals surface area contributed by atoms with Crippen LogP contribution >= 0.6 is 0 Å². The molecule has 1 aliphatic rings. The monoisotopic (exact) mass is 150 g/mol. The molecule has 0 saturated heterocycles. The molecular formula is C9H10O2. The van der Waals surface area contributed by atoms with Gasteiger partial charge in [-0.15, -0.1) is 0 Å². The minimum absolute atomic E-state index is 0.171. The molecule has 2 nitrogen and oxygen atoms in total. The van der Waals surface area contributed by atoms with Crippen molar-refractivity contribution >= 4 is 0 Å². The second-order valence-corrected chi connectivity index (χ2v) is 2.69. The summed E-state index contributed by atoms with van der Waals surface area (Å²) in [4.78, 5) is 0. The summed E-state index contributed by atoms with van der Waals surface area (Å²) in [5, 5.41) is 0. The molecule has 0 N–H and O–H groups in total. The molecule has 11 heavy (non-hydrogen) atoms. The maximum atomic E-state index is 5.51. The minimum atomic E-state index is 0.171. The molecular weight excluding hydrogens is 140 g/mol. The van der Waals surface area contributed by atoms with Gasteiger partial charge in [0, 0.05) is 0 Å². The second kappa shape index (κ2) is 2.46. The first-order valence-corrected chi connectivity index (χ1v) is 3.75. The van der Waals surface area contributed by atoms with Crippen molar-refractivity contribution < 1.29 is 9.47 Å². The highest BCUT2D eigenvalue weighted by Gasteiger charge is 2.15. The Balaban J connectivity index is 2.34. The SMILES string of the molecule is C[C@@H]1COc2ccccc2O1. The number of fused-ring (bicyclic) bond motifs is 1. The Bertz CT molecular complexity index is 257. The van der Waals surface area contributed by atoms with E-state index in [9.17, 15) is 0 Å². The fourth-order valence-corrected chi connectivity index (χ4v) is 1.12. The molecule has 0 aromatic heterocycles. The molecule has 1 aromatic carbocycles. The van der Waals surface area contributed by atoms with Crippen molar-refractivity contribution in [2.75, 3.05) is 6.61 Å². The number of para-hydroxylation sites is 2. The average Bonchev–Trinajstić information content (AvgIpc) is 2.04. The summed E-state index contributed by atoms with van der Waals surface area (Å²) in [7, 11) is 0. The maximum Gasteiger partial charge on any atom is 0.161 e. The Morgan fingerprint density at radius 1 is 1.27 bits per heavy atom. The van der Waals surface area contributed by atoms with Gasteiger partial charge in [0.15, 0.2) is 11.5 Å². The number of benzene rings is 1. The highest BCUT2D eigenvalue weighted by molar-refractivity contribution is 5.40. The molecule has 1 heterocycles. The van der Waals surface area contributed by atoms with Crippen molar-refractivity contribution in [3.8, 4) is 11.5 Å². The largest absolute Gasteiger partial charge is 0.486 e. The molecule has 1 aromatic rings. The summed E-state index contributed by atoms with van der Waals surface area (Å²) in [5.41, 5.74) is 0. The molecule has 1 atom stereocenters. The molecule has 0 radical (unpaired) electrons. The third kappa shape index (κ3) is 1.16. The van der Waals surface area contributed by atoms with Gasteiger partial charge >= 0.3 is 0 Å². The molecule has 0 saturated carbocycles. The van der Waals surface area contributed by atoms with E-state index in [0.29, 0.717) is 6.61 Å². The van der Waals surface area contributed by atoms with Crippen LogP contribution in [0.25, 0.3) is 0 Å². The van der Waals surface area contributed by atoms with Crippen molar-refractivity contribution in [1.82, 2.24) is 0 Å². The predicted octanol–water partition coefficient (Wildman–Crippen LogP) is 1.85. The van der Waals surface area contributed by atoms with Crippen molar-refractivity contribution in [1.29, 1.82) is 0 Å². The zero-order valence-corrected chi connectivity index (χ0v) is 6.41. The van der Waals surface area contributed by atoms with Crippen LogP contribution in [0.2, 0.25) is 0 Å². The lowest BCUT2D eigenvalue weighted by Gasteiger charge is -2.23. The molecule has 0 bridgehead atoms. The van der Waals surface area contributed by atoms with Gasteiger partial charge in [-0.1, -0.05) is 12.1 Å². The fraction of sp³-hybridized carbons (Fsp3) is 0.333. The summed E-state index contributed by atoms with van der Waals surface area (Å²) in [6.45, 7) is 2.65. The van der Waals surface area contributed by atoms with Gasteiger partial charge in [0.1, 0.15) is 12.7 Å². The molecule has 2 heteroatoms. The van der Waals surface area contributed by atoms with Gasteiger partial charge < -0.3 is 9.47 Å². The summed E-state index contributed by atoms with van der Waals surface area (Å²) in [6.07, 6.45) is 0.171. The lowest BCUT2D eigenvalue weighted by Crippen LogP contribution is -2.25. The Kier molecular flexibility index (Phi) is 1.46. The topological polar surface area (TPSA) is 18.5 Å². The zero-order chi connectivity index (χ0) is 7.68. The standard InChI is InChI=1S/C9H10O2/c1-7-6-10-8-4-2-3-5-9(8)11-7/h2-5,7H,6H2,1H3/t7-/m1/s1. The highest BCUT2D eigenvalue weighted by Crippen LogP contribution is 2.30. The lowest BCUT2D eigenvalue weighted by molar-refractivity contribution is 0.104. The molecule has 0 fully saturated rings. The maximum absolute atomic E-state index is 5.51. The van der Waals surface area contributed by atoms with E-state index in [0.717, 1.165) is 11.5 Å². The number of hydrogen-bond acceptors (Lipinski definition) is 2. The van der Waals surface area contributed by atoms with Crippen LogP contribution in [0.3, 0.4) is 0 Å². The smallest absolute Gasteiger partial charge is 0.161 e. The van der Waals surface area contributed by atoms with Crippen LogP contribution in [0.1, 0.15) is 6.92 Å².